The van der Waals surface area contributed by atoms with Crippen LogP contribution >= 0.6 is 11.6 Å². The zero-order valence-electron chi connectivity index (χ0n) is 13.9. The number of para-hydroxylation sites is 1. The van der Waals surface area contributed by atoms with Crippen molar-refractivity contribution in [3.8, 4) is 5.75 Å². The van der Waals surface area contributed by atoms with Crippen LogP contribution in [0.5, 0.6) is 5.75 Å². The Balaban J connectivity index is 1.67. The molecule has 0 aliphatic carbocycles. The van der Waals surface area contributed by atoms with Crippen molar-refractivity contribution in [2.24, 2.45) is 0 Å². The summed E-state index contributed by atoms with van der Waals surface area (Å²) >= 11 is 5.86. The molecule has 2 rings (SSSR count). The predicted octanol–water partition coefficient (Wildman–Crippen LogP) is 4.07. The number of nitrogens with one attached hydrogen (secondary N) is 1. The van der Waals surface area contributed by atoms with Crippen LogP contribution in [0.25, 0.3) is 0 Å². The van der Waals surface area contributed by atoms with E-state index in [1.165, 1.54) is 6.92 Å². The van der Waals surface area contributed by atoms with Gasteiger partial charge in [0.1, 0.15) is 5.75 Å². The standard InChI is InChI=1S/C19H20ClNO4/c1-14(19(23)21-16-8-5-7-15(20)13-16)25-18(22)11-6-12-24-17-9-3-2-4-10-17/h2-5,7-10,13-14H,6,11-12H2,1H3,(H,21,23)/t14-/m0/s1. The number of anilines is 1. The van der Waals surface area contributed by atoms with Crippen molar-refractivity contribution in [1.29, 1.82) is 0 Å². The molecule has 1 N–H and O–H groups in total. The van der Waals surface area contributed by atoms with Crippen LogP contribution in [-0.4, -0.2) is 24.6 Å². The van der Waals surface area contributed by atoms with Gasteiger partial charge in [0.05, 0.1) is 6.61 Å². The van der Waals surface area contributed by atoms with E-state index < -0.39 is 18.0 Å². The molecule has 0 aliphatic rings. The van der Waals surface area contributed by atoms with E-state index in [1.807, 2.05) is 30.3 Å². The highest BCUT2D eigenvalue weighted by molar-refractivity contribution is 6.30. The molecule has 132 valence electrons. The van der Waals surface area contributed by atoms with Gasteiger partial charge in [0.25, 0.3) is 5.91 Å². The highest BCUT2D eigenvalue weighted by Gasteiger charge is 2.17. The van der Waals surface area contributed by atoms with Gasteiger partial charge in [-0.05, 0) is 43.7 Å². The summed E-state index contributed by atoms with van der Waals surface area (Å²) < 4.78 is 10.6. The fraction of sp³-hybridized carbons (Fsp3) is 0.263. The summed E-state index contributed by atoms with van der Waals surface area (Å²) in [4.78, 5) is 23.8. The molecule has 5 nitrogen and oxygen atoms in total. The molecule has 1 atom stereocenters. The van der Waals surface area contributed by atoms with E-state index >= 15 is 0 Å². The SMILES string of the molecule is C[C@H](OC(=O)CCCOc1ccccc1)C(=O)Nc1cccc(Cl)c1. The number of ether oxygens (including phenoxy) is 2. The highest BCUT2D eigenvalue weighted by atomic mass is 35.5. The second-order valence-corrected chi connectivity index (χ2v) is 5.83. The number of esters is 1. The molecule has 1 amide bonds. The van der Waals surface area contributed by atoms with Gasteiger partial charge >= 0.3 is 5.97 Å². The average Bonchev–Trinajstić information content (AvgIpc) is 2.59. The van der Waals surface area contributed by atoms with Crippen molar-refractivity contribution in [2.75, 3.05) is 11.9 Å². The van der Waals surface area contributed by atoms with Crippen LogP contribution < -0.4 is 10.1 Å². The van der Waals surface area contributed by atoms with Crippen LogP contribution in [0.15, 0.2) is 54.6 Å². The summed E-state index contributed by atoms with van der Waals surface area (Å²) in [5, 5.41) is 3.17. The summed E-state index contributed by atoms with van der Waals surface area (Å²) in [6.07, 6.45) is -0.195. The molecule has 2 aromatic carbocycles. The number of hydrogen-bond donors (Lipinski definition) is 1. The van der Waals surface area contributed by atoms with Gasteiger partial charge < -0.3 is 14.8 Å². The Morgan fingerprint density at radius 1 is 1.12 bits per heavy atom. The third kappa shape index (κ3) is 6.85. The maximum Gasteiger partial charge on any atom is 0.306 e. The van der Waals surface area contributed by atoms with Gasteiger partial charge in [0.15, 0.2) is 6.10 Å². The molecule has 25 heavy (non-hydrogen) atoms. The van der Waals surface area contributed by atoms with Crippen LogP contribution in [0, 0.1) is 0 Å². The zero-order valence-corrected chi connectivity index (χ0v) is 14.7. The number of rotatable bonds is 8. The summed E-state index contributed by atoms with van der Waals surface area (Å²) in [5.74, 6) is -0.0910. The molecule has 0 saturated heterocycles. The third-order valence-corrected chi connectivity index (χ3v) is 3.54. The lowest BCUT2D eigenvalue weighted by Gasteiger charge is -2.13. The number of amides is 1. The minimum atomic E-state index is -0.887. The van der Waals surface area contributed by atoms with Crippen molar-refractivity contribution >= 4 is 29.2 Å². The van der Waals surface area contributed by atoms with E-state index in [0.717, 1.165) is 5.75 Å². The Hall–Kier alpha value is -2.53. The van der Waals surface area contributed by atoms with Gasteiger partial charge in [0.2, 0.25) is 0 Å². The molecule has 0 heterocycles. The minimum Gasteiger partial charge on any atom is -0.494 e. The van der Waals surface area contributed by atoms with Crippen LogP contribution in [0.2, 0.25) is 5.02 Å². The lowest BCUT2D eigenvalue weighted by molar-refractivity contribution is -0.153. The number of benzene rings is 2. The lowest BCUT2D eigenvalue weighted by Crippen LogP contribution is -2.30. The van der Waals surface area contributed by atoms with Gasteiger partial charge in [-0.3, -0.25) is 9.59 Å². The molecule has 0 aromatic heterocycles. The monoisotopic (exact) mass is 361 g/mol. The van der Waals surface area contributed by atoms with Crippen molar-refractivity contribution in [2.45, 2.75) is 25.9 Å². The van der Waals surface area contributed by atoms with Crippen molar-refractivity contribution in [1.82, 2.24) is 0 Å². The zero-order chi connectivity index (χ0) is 18.1. The highest BCUT2D eigenvalue weighted by Crippen LogP contribution is 2.15. The van der Waals surface area contributed by atoms with Crippen LogP contribution in [0.4, 0.5) is 5.69 Å². The van der Waals surface area contributed by atoms with E-state index in [9.17, 15) is 9.59 Å². The smallest absolute Gasteiger partial charge is 0.306 e. The van der Waals surface area contributed by atoms with Gasteiger partial charge in [-0.15, -0.1) is 0 Å². The first kappa shape index (κ1) is 18.8. The first-order valence-electron chi connectivity index (χ1n) is 7.98. The summed E-state index contributed by atoms with van der Waals surface area (Å²) in [7, 11) is 0. The Bertz CT molecular complexity index is 706. The Kier molecular flexibility index (Phi) is 7.29. The van der Waals surface area contributed by atoms with Crippen molar-refractivity contribution in [3.05, 3.63) is 59.6 Å². The first-order chi connectivity index (χ1) is 12.0. The number of hydrogen-bond acceptors (Lipinski definition) is 4. The van der Waals surface area contributed by atoms with E-state index in [4.69, 9.17) is 21.1 Å². The minimum absolute atomic E-state index is 0.182. The molecule has 0 unspecified atom stereocenters. The second-order valence-electron chi connectivity index (χ2n) is 5.40. The van der Waals surface area contributed by atoms with Gasteiger partial charge in [-0.2, -0.15) is 0 Å². The summed E-state index contributed by atoms with van der Waals surface area (Å²) in [6, 6.07) is 16.1. The van der Waals surface area contributed by atoms with E-state index in [0.29, 0.717) is 23.7 Å². The maximum atomic E-state index is 12.0. The molecule has 0 radical (unpaired) electrons. The molecule has 0 bridgehead atoms. The van der Waals surface area contributed by atoms with Crippen molar-refractivity contribution < 1.29 is 19.1 Å². The fourth-order valence-electron chi connectivity index (χ4n) is 2.04. The quantitative estimate of drug-likeness (QED) is 0.568. The molecule has 2 aromatic rings. The first-order valence-corrected chi connectivity index (χ1v) is 8.36. The second kappa shape index (κ2) is 9.69. The fourth-order valence-corrected chi connectivity index (χ4v) is 2.23. The molecule has 0 saturated carbocycles. The average molecular weight is 362 g/mol. The summed E-state index contributed by atoms with van der Waals surface area (Å²) in [6.45, 7) is 1.93. The number of halogens is 1. The Morgan fingerprint density at radius 2 is 1.88 bits per heavy atom. The van der Waals surface area contributed by atoms with E-state index in [-0.39, 0.29) is 6.42 Å². The molecular formula is C19H20ClNO4. The van der Waals surface area contributed by atoms with Gasteiger partial charge in [-0.1, -0.05) is 35.9 Å². The van der Waals surface area contributed by atoms with Crippen molar-refractivity contribution in [3.63, 3.8) is 0 Å². The van der Waals surface area contributed by atoms with Gasteiger partial charge in [0, 0.05) is 17.1 Å². The molecular weight excluding hydrogens is 342 g/mol. The van der Waals surface area contributed by atoms with Gasteiger partial charge in [-0.25, -0.2) is 0 Å². The summed E-state index contributed by atoms with van der Waals surface area (Å²) in [5.41, 5.74) is 0.552. The molecule has 0 spiro atoms. The Labute approximate surface area is 151 Å². The predicted molar refractivity (Wildman–Crippen MR) is 96.8 cm³/mol. The van der Waals surface area contributed by atoms with E-state index in [1.54, 1.807) is 24.3 Å². The van der Waals surface area contributed by atoms with Crippen LogP contribution in [-0.2, 0) is 14.3 Å². The van der Waals surface area contributed by atoms with E-state index in [2.05, 4.69) is 5.32 Å². The topological polar surface area (TPSA) is 64.6 Å². The number of carbonyl (C=O) groups excluding carboxylic acids is 2. The van der Waals surface area contributed by atoms with Crippen LogP contribution in [0.1, 0.15) is 19.8 Å². The molecule has 6 heteroatoms. The molecule has 0 fully saturated rings. The molecule has 0 aliphatic heterocycles. The van der Waals surface area contributed by atoms with Crippen LogP contribution in [0.3, 0.4) is 0 Å². The largest absolute Gasteiger partial charge is 0.494 e. The normalized spacial score (nSPS) is 11.4. The third-order valence-electron chi connectivity index (χ3n) is 3.31. The maximum absolute atomic E-state index is 12.0. The number of carbonyl (C=O) groups is 2. The lowest BCUT2D eigenvalue weighted by atomic mass is 10.3. The Morgan fingerprint density at radius 3 is 2.60 bits per heavy atom.